The van der Waals surface area contributed by atoms with Gasteiger partial charge in [-0.2, -0.15) is 0 Å². The maximum atomic E-state index is 13.4. The van der Waals surface area contributed by atoms with E-state index in [1.165, 1.54) is 55.6 Å². The molecule has 3 aromatic rings. The Hall–Kier alpha value is -3.56. The third-order valence-electron chi connectivity index (χ3n) is 4.50. The molecule has 2 amide bonds. The molecular formula is C22H20ClN3O5S. The molecule has 10 heteroatoms. The lowest BCUT2D eigenvalue weighted by Gasteiger charge is -2.25. The number of ether oxygens (including phenoxy) is 1. The number of hydrogen-bond donors (Lipinski definition) is 2. The first kappa shape index (κ1) is 23.1. The van der Waals surface area contributed by atoms with E-state index in [0.717, 1.165) is 4.31 Å². The number of nitrogens with one attached hydrogen (secondary N) is 1. The average molecular weight is 474 g/mol. The number of halogens is 1. The molecule has 3 rings (SSSR count). The highest BCUT2D eigenvalue weighted by molar-refractivity contribution is 7.92. The van der Waals surface area contributed by atoms with Crippen LogP contribution in [0.25, 0.3) is 0 Å². The summed E-state index contributed by atoms with van der Waals surface area (Å²) in [5.74, 6) is -0.914. The predicted octanol–water partition coefficient (Wildman–Crippen LogP) is 3.28. The molecule has 0 aliphatic heterocycles. The second kappa shape index (κ2) is 9.71. The molecule has 0 atom stereocenters. The van der Waals surface area contributed by atoms with Gasteiger partial charge in [0.05, 0.1) is 17.7 Å². The molecular weight excluding hydrogens is 454 g/mol. The molecule has 0 aliphatic rings. The van der Waals surface area contributed by atoms with Crippen molar-refractivity contribution in [3.8, 4) is 5.75 Å². The molecule has 32 heavy (non-hydrogen) atoms. The van der Waals surface area contributed by atoms with Gasteiger partial charge < -0.3 is 15.8 Å². The van der Waals surface area contributed by atoms with Gasteiger partial charge in [0.25, 0.3) is 10.0 Å². The van der Waals surface area contributed by atoms with Crippen LogP contribution in [0.5, 0.6) is 5.75 Å². The number of para-hydroxylation sites is 2. The standard InChI is InChI=1S/C22H20ClN3O5S/c1-31-20-5-3-2-4-19(20)26(32(29,30)18-12-8-16(23)9-13-18)14-21(27)25-17-10-6-15(7-11-17)22(24)28/h2-13H,14H2,1H3,(H2,24,28)(H,25,27). The SMILES string of the molecule is COc1ccccc1N(CC(=O)Nc1ccc(C(N)=O)cc1)S(=O)(=O)c1ccc(Cl)cc1. The van der Waals surface area contributed by atoms with Crippen LogP contribution in [0.1, 0.15) is 10.4 Å². The third kappa shape index (κ3) is 5.19. The minimum absolute atomic E-state index is 0.0357. The normalized spacial score (nSPS) is 10.9. The number of amides is 2. The van der Waals surface area contributed by atoms with Crippen LogP contribution in [0, 0.1) is 0 Å². The van der Waals surface area contributed by atoms with Crippen molar-refractivity contribution < 1.29 is 22.7 Å². The number of nitrogens with zero attached hydrogens (tertiary/aromatic N) is 1. The summed E-state index contributed by atoms with van der Waals surface area (Å²) in [5, 5.41) is 3.00. The number of benzene rings is 3. The molecule has 3 N–H and O–H groups in total. The second-order valence-corrected chi connectivity index (χ2v) is 8.93. The molecule has 0 aliphatic carbocycles. The number of rotatable bonds is 8. The highest BCUT2D eigenvalue weighted by Gasteiger charge is 2.29. The van der Waals surface area contributed by atoms with Crippen LogP contribution >= 0.6 is 11.6 Å². The van der Waals surface area contributed by atoms with Gasteiger partial charge in [-0.15, -0.1) is 0 Å². The Kier molecular flexibility index (Phi) is 7.01. The van der Waals surface area contributed by atoms with Crippen molar-refractivity contribution in [3.05, 3.63) is 83.4 Å². The fourth-order valence-electron chi connectivity index (χ4n) is 2.92. The lowest BCUT2D eigenvalue weighted by Crippen LogP contribution is -2.38. The summed E-state index contributed by atoms with van der Waals surface area (Å²) < 4.78 is 33.1. The van der Waals surface area contributed by atoms with E-state index in [9.17, 15) is 18.0 Å². The van der Waals surface area contributed by atoms with E-state index in [0.29, 0.717) is 10.7 Å². The minimum atomic E-state index is -4.14. The van der Waals surface area contributed by atoms with Gasteiger partial charge in [-0.25, -0.2) is 8.42 Å². The number of carbonyl (C=O) groups excluding carboxylic acids is 2. The fraction of sp³-hybridized carbons (Fsp3) is 0.0909. The molecule has 0 saturated carbocycles. The molecule has 0 saturated heterocycles. The van der Waals surface area contributed by atoms with Crippen molar-refractivity contribution >= 4 is 44.8 Å². The van der Waals surface area contributed by atoms with Crippen LogP contribution in [0.2, 0.25) is 5.02 Å². The number of methoxy groups -OCH3 is 1. The smallest absolute Gasteiger partial charge is 0.264 e. The Morgan fingerprint density at radius 2 is 1.62 bits per heavy atom. The second-order valence-electron chi connectivity index (χ2n) is 6.63. The van der Waals surface area contributed by atoms with Crippen LogP contribution < -0.4 is 20.1 Å². The van der Waals surface area contributed by atoms with E-state index in [2.05, 4.69) is 5.32 Å². The molecule has 0 unspecified atom stereocenters. The van der Waals surface area contributed by atoms with E-state index in [1.807, 2.05) is 0 Å². The highest BCUT2D eigenvalue weighted by atomic mass is 35.5. The Bertz CT molecular complexity index is 1230. The van der Waals surface area contributed by atoms with Gasteiger partial charge in [-0.1, -0.05) is 23.7 Å². The van der Waals surface area contributed by atoms with E-state index in [1.54, 1.807) is 24.3 Å². The Morgan fingerprint density at radius 3 is 2.22 bits per heavy atom. The van der Waals surface area contributed by atoms with Crippen LogP contribution in [-0.2, 0) is 14.8 Å². The van der Waals surface area contributed by atoms with Crippen molar-refractivity contribution in [1.29, 1.82) is 0 Å². The Balaban J connectivity index is 1.94. The van der Waals surface area contributed by atoms with Crippen LogP contribution in [-0.4, -0.2) is 33.9 Å². The number of anilines is 2. The first-order chi connectivity index (χ1) is 15.2. The molecule has 0 heterocycles. The maximum absolute atomic E-state index is 13.4. The van der Waals surface area contributed by atoms with Gasteiger partial charge in [0.15, 0.2) is 0 Å². The summed E-state index contributed by atoms with van der Waals surface area (Å²) in [6.45, 7) is -0.525. The van der Waals surface area contributed by atoms with Crippen LogP contribution in [0.4, 0.5) is 11.4 Å². The molecule has 166 valence electrons. The first-order valence-electron chi connectivity index (χ1n) is 9.33. The van der Waals surface area contributed by atoms with Crippen LogP contribution in [0.3, 0.4) is 0 Å². The summed E-state index contributed by atoms with van der Waals surface area (Å²) in [4.78, 5) is 23.9. The molecule has 8 nitrogen and oxygen atoms in total. The number of nitrogens with two attached hydrogens (primary N) is 1. The zero-order valence-electron chi connectivity index (χ0n) is 17.0. The summed E-state index contributed by atoms with van der Waals surface area (Å²) in [6.07, 6.45) is 0. The van der Waals surface area contributed by atoms with E-state index >= 15 is 0 Å². The van der Waals surface area contributed by atoms with Crippen molar-refractivity contribution in [1.82, 2.24) is 0 Å². The predicted molar refractivity (Wildman–Crippen MR) is 123 cm³/mol. The first-order valence-corrected chi connectivity index (χ1v) is 11.1. The summed E-state index contributed by atoms with van der Waals surface area (Å²) in [6, 6.07) is 18.0. The summed E-state index contributed by atoms with van der Waals surface area (Å²) in [5.41, 5.74) is 6.07. The van der Waals surface area contributed by atoms with Gasteiger partial charge in [-0.05, 0) is 60.7 Å². The minimum Gasteiger partial charge on any atom is -0.495 e. The van der Waals surface area contributed by atoms with Gasteiger partial charge in [-0.3, -0.25) is 13.9 Å². The zero-order chi connectivity index (χ0) is 23.3. The lowest BCUT2D eigenvalue weighted by molar-refractivity contribution is -0.114. The van der Waals surface area contributed by atoms with Crippen molar-refractivity contribution in [2.24, 2.45) is 5.73 Å². The highest BCUT2D eigenvalue weighted by Crippen LogP contribution is 2.32. The molecule has 0 bridgehead atoms. The molecule has 0 radical (unpaired) electrons. The van der Waals surface area contributed by atoms with Crippen LogP contribution in [0.15, 0.2) is 77.7 Å². The zero-order valence-corrected chi connectivity index (χ0v) is 18.6. The van der Waals surface area contributed by atoms with Gasteiger partial charge in [0.1, 0.15) is 12.3 Å². The average Bonchev–Trinajstić information content (AvgIpc) is 2.78. The fourth-order valence-corrected chi connectivity index (χ4v) is 4.48. The largest absolute Gasteiger partial charge is 0.495 e. The van der Waals surface area contributed by atoms with Gasteiger partial charge in [0, 0.05) is 16.3 Å². The number of carbonyl (C=O) groups is 2. The number of sulfonamides is 1. The third-order valence-corrected chi connectivity index (χ3v) is 6.52. The van der Waals surface area contributed by atoms with Crippen molar-refractivity contribution in [3.63, 3.8) is 0 Å². The molecule has 0 spiro atoms. The number of primary amides is 1. The van der Waals surface area contributed by atoms with Gasteiger partial charge >= 0.3 is 0 Å². The lowest BCUT2D eigenvalue weighted by atomic mass is 10.2. The summed E-state index contributed by atoms with van der Waals surface area (Å²) in [7, 11) is -2.73. The summed E-state index contributed by atoms with van der Waals surface area (Å²) >= 11 is 5.89. The van der Waals surface area contributed by atoms with Gasteiger partial charge in [0.2, 0.25) is 11.8 Å². The van der Waals surface area contributed by atoms with Crippen molar-refractivity contribution in [2.45, 2.75) is 4.90 Å². The molecule has 3 aromatic carbocycles. The van der Waals surface area contributed by atoms with E-state index in [-0.39, 0.29) is 21.9 Å². The maximum Gasteiger partial charge on any atom is 0.264 e. The molecule has 0 aromatic heterocycles. The monoisotopic (exact) mass is 473 g/mol. The Morgan fingerprint density at radius 1 is 1.00 bits per heavy atom. The topological polar surface area (TPSA) is 119 Å². The van der Waals surface area contributed by atoms with E-state index < -0.39 is 28.4 Å². The van der Waals surface area contributed by atoms with E-state index in [4.69, 9.17) is 22.1 Å². The van der Waals surface area contributed by atoms with Crippen molar-refractivity contribution in [2.75, 3.05) is 23.3 Å². The molecule has 0 fully saturated rings. The quantitative estimate of drug-likeness (QED) is 0.520. The number of hydrogen-bond acceptors (Lipinski definition) is 5. The Labute approximate surface area is 190 Å².